The third-order valence-corrected chi connectivity index (χ3v) is 11.9. The topological polar surface area (TPSA) is 216 Å². The fourth-order valence-corrected chi connectivity index (χ4v) is 9.23. The maximum absolute atomic E-state index is 14.4. The van der Waals surface area contributed by atoms with Crippen molar-refractivity contribution in [2.45, 2.75) is 73.3 Å². The van der Waals surface area contributed by atoms with Crippen molar-refractivity contribution >= 4 is 69.8 Å². The number of alkyl halides is 3. The number of phenols is 1. The number of halogens is 3. The van der Waals surface area contributed by atoms with Crippen molar-refractivity contribution in [1.29, 1.82) is 5.26 Å². The van der Waals surface area contributed by atoms with Crippen LogP contribution in [0.25, 0.3) is 0 Å². The van der Waals surface area contributed by atoms with Crippen molar-refractivity contribution in [3.8, 4) is 34.8 Å². The number of phenolic OH excluding ortho intramolecular Hbond substituents is 1. The Labute approximate surface area is 370 Å². The molecule has 3 N–H and O–H groups in total. The smallest absolute Gasteiger partial charge is 0.410 e. The lowest BCUT2D eigenvalue weighted by Crippen LogP contribution is -2.71. The summed E-state index contributed by atoms with van der Waals surface area (Å²) in [4.78, 5) is 55.8. The summed E-state index contributed by atoms with van der Waals surface area (Å²) in [5.74, 6) is -0.778. The van der Waals surface area contributed by atoms with Crippen LogP contribution >= 0.6 is 46.6 Å². The Morgan fingerprint density at radius 1 is 1.08 bits per heavy atom. The molecule has 1 saturated heterocycles. The first-order valence-corrected chi connectivity index (χ1v) is 20.9. The number of aryl methyl sites for hydroxylation is 1. The molecule has 2 aromatic rings. The first-order chi connectivity index (χ1) is 29.0. The molecule has 1 fully saturated rings. The van der Waals surface area contributed by atoms with E-state index in [-0.39, 0.29) is 77.0 Å². The molecule has 0 aliphatic carbocycles. The van der Waals surface area contributed by atoms with Gasteiger partial charge in [-0.1, -0.05) is 77.9 Å². The van der Waals surface area contributed by atoms with Crippen LogP contribution in [0.1, 0.15) is 58.5 Å². The zero-order valence-electron chi connectivity index (χ0n) is 33.4. The minimum Gasteiger partial charge on any atom is -0.507 e. The summed E-state index contributed by atoms with van der Waals surface area (Å²) in [7, 11) is 1.45. The maximum Gasteiger partial charge on any atom is 0.410 e. The minimum absolute atomic E-state index is 0.000976. The predicted octanol–water partition coefficient (Wildman–Crippen LogP) is 5.55. The standard InChI is InChI=1S/C40H43Cl3N4O13S/c1-7-9-55-35-26-21(11-18(3)33(35)54-6)12-23-24(13-44)46-25(14-57-37(51)22(15-61-20(5)48)45-38(52)56-10-8-2)27-28(31(49)19(4)34-36(27)60-17-59-34)32(50)30(46)29(26)47(23)39(53)58-16-40(41,42)43/h7-8,11,22-25,29-30,32,49-50H,1-2,9-10,12,14-17H2,3-6H3,(H,45,52)/t22-,23-,24-,25-,29+,30+,32-/m0/s1. The van der Waals surface area contributed by atoms with Gasteiger partial charge in [0.1, 0.15) is 50.4 Å². The van der Waals surface area contributed by atoms with Crippen LogP contribution in [0.5, 0.6) is 28.7 Å². The molecule has 17 nitrogen and oxygen atoms in total. The summed E-state index contributed by atoms with van der Waals surface area (Å²) in [6.07, 6.45) is -0.786. The van der Waals surface area contributed by atoms with E-state index in [0.717, 1.165) is 11.8 Å². The van der Waals surface area contributed by atoms with Gasteiger partial charge >= 0.3 is 18.2 Å². The van der Waals surface area contributed by atoms with Gasteiger partial charge in [-0.3, -0.25) is 14.6 Å². The predicted molar refractivity (Wildman–Crippen MR) is 221 cm³/mol. The van der Waals surface area contributed by atoms with Gasteiger partial charge in [0, 0.05) is 34.9 Å². The summed E-state index contributed by atoms with van der Waals surface area (Å²) in [6.45, 7) is 10.3. The summed E-state index contributed by atoms with van der Waals surface area (Å²) in [5.41, 5.74) is 2.04. The molecule has 4 aliphatic heterocycles. The van der Waals surface area contributed by atoms with Crippen LogP contribution in [0.2, 0.25) is 0 Å². The molecular weight excluding hydrogens is 883 g/mol. The SMILES string of the molecule is C=CCOC(=O)N[C@@H](CSC(C)=O)C(=O)OC[C@H]1c2c3c(c(C)c(O)c2[C@H](O)[C@H]2[C@H]4c5c(cc(C)c(OC)c5OCC=C)C[C@@H]([C@H](C#N)N21)N4C(=O)OCC(Cl)(Cl)Cl)OCO3. The summed E-state index contributed by atoms with van der Waals surface area (Å²) < 4.78 is 38.3. The van der Waals surface area contributed by atoms with E-state index in [0.29, 0.717) is 22.4 Å². The lowest BCUT2D eigenvalue weighted by molar-refractivity contribution is -0.155. The van der Waals surface area contributed by atoms with Crippen LogP contribution in [-0.4, -0.2) is 117 Å². The monoisotopic (exact) mass is 924 g/mol. The van der Waals surface area contributed by atoms with Gasteiger partial charge < -0.3 is 48.7 Å². The largest absolute Gasteiger partial charge is 0.507 e. The van der Waals surface area contributed by atoms with Crippen LogP contribution in [0.3, 0.4) is 0 Å². The molecular formula is C40H43Cl3N4O13S. The van der Waals surface area contributed by atoms with Crippen LogP contribution < -0.4 is 24.3 Å². The fourth-order valence-electron chi connectivity index (χ4n) is 8.44. The van der Waals surface area contributed by atoms with Crippen LogP contribution in [0.4, 0.5) is 9.59 Å². The Hall–Kier alpha value is -4.77. The van der Waals surface area contributed by atoms with E-state index in [1.165, 1.54) is 31.1 Å². The molecule has 0 aromatic heterocycles. The summed E-state index contributed by atoms with van der Waals surface area (Å²) in [5, 5.41) is 37.9. The van der Waals surface area contributed by atoms with Gasteiger partial charge in [0.15, 0.2) is 28.1 Å². The highest BCUT2D eigenvalue weighted by Crippen LogP contribution is 2.61. The van der Waals surface area contributed by atoms with Crippen LogP contribution in [0.15, 0.2) is 31.4 Å². The number of nitrogens with one attached hydrogen (secondary N) is 1. The number of rotatable bonds is 13. The molecule has 21 heteroatoms. The molecule has 2 bridgehead atoms. The molecule has 0 radical (unpaired) electrons. The summed E-state index contributed by atoms with van der Waals surface area (Å²) in [6, 6.07) is -3.34. The lowest BCUT2D eigenvalue weighted by atomic mass is 9.70. The molecule has 328 valence electrons. The van der Waals surface area contributed by atoms with Gasteiger partial charge in [0.05, 0.1) is 37.3 Å². The highest BCUT2D eigenvalue weighted by atomic mass is 35.6. The van der Waals surface area contributed by atoms with E-state index < -0.39 is 77.5 Å². The second-order valence-corrected chi connectivity index (χ2v) is 18.1. The van der Waals surface area contributed by atoms with E-state index in [9.17, 15) is 34.7 Å². The third kappa shape index (κ3) is 8.82. The third-order valence-electron chi connectivity index (χ3n) is 10.7. The van der Waals surface area contributed by atoms with Gasteiger partial charge in [-0.15, -0.1) is 0 Å². The van der Waals surface area contributed by atoms with Gasteiger partial charge in [0.2, 0.25) is 10.6 Å². The normalized spacial score (nSPS) is 22.6. The van der Waals surface area contributed by atoms with Crippen molar-refractivity contribution < 1.29 is 62.5 Å². The number of piperazine rings is 1. The first kappa shape index (κ1) is 45.7. The molecule has 7 atom stereocenters. The number of carbonyl (C=O) groups is 4. The number of nitrogens with zero attached hydrogens (tertiary/aromatic N) is 3. The number of alkyl carbamates (subject to hydrolysis) is 1. The number of aromatic hydroxyl groups is 1. The van der Waals surface area contributed by atoms with Crippen molar-refractivity contribution in [3.05, 3.63) is 64.8 Å². The molecule has 0 spiro atoms. The Morgan fingerprint density at radius 3 is 2.43 bits per heavy atom. The van der Waals surface area contributed by atoms with E-state index >= 15 is 0 Å². The maximum atomic E-state index is 14.4. The fraction of sp³-hybridized carbons (Fsp3) is 0.475. The van der Waals surface area contributed by atoms with Gasteiger partial charge in [-0.05, 0) is 31.4 Å². The van der Waals surface area contributed by atoms with E-state index in [2.05, 4.69) is 24.5 Å². The first-order valence-electron chi connectivity index (χ1n) is 18.8. The number of esters is 1. The second-order valence-electron chi connectivity index (χ2n) is 14.4. The zero-order valence-corrected chi connectivity index (χ0v) is 36.5. The minimum atomic E-state index is -2.01. The zero-order chi connectivity index (χ0) is 44.5. The number of nitriles is 1. The van der Waals surface area contributed by atoms with Crippen molar-refractivity contribution in [2.75, 3.05) is 46.1 Å². The van der Waals surface area contributed by atoms with Crippen LogP contribution in [0, 0.1) is 25.2 Å². The highest BCUT2D eigenvalue weighted by molar-refractivity contribution is 8.13. The molecule has 2 aromatic carbocycles. The van der Waals surface area contributed by atoms with Crippen LogP contribution in [-0.2, 0) is 30.2 Å². The number of carbonyl (C=O) groups excluding carboxylic acids is 4. The molecule has 0 saturated carbocycles. The number of hydrogen-bond donors (Lipinski definition) is 3. The Kier molecular flexibility index (Phi) is 14.0. The number of aliphatic hydroxyl groups excluding tert-OH is 1. The number of methoxy groups -OCH3 is 1. The molecule has 4 aliphatic rings. The quantitative estimate of drug-likeness (QED) is 0.0971. The molecule has 61 heavy (non-hydrogen) atoms. The van der Waals surface area contributed by atoms with Crippen molar-refractivity contribution in [2.24, 2.45) is 0 Å². The Bertz CT molecular complexity index is 2160. The molecule has 6 rings (SSSR count). The summed E-state index contributed by atoms with van der Waals surface area (Å²) >= 11 is 18.8. The molecule has 0 unspecified atom stereocenters. The number of aliphatic hydroxyl groups is 1. The number of ether oxygens (including phenoxy) is 7. The number of amides is 2. The van der Waals surface area contributed by atoms with Gasteiger partial charge in [-0.2, -0.15) is 5.26 Å². The lowest BCUT2D eigenvalue weighted by Gasteiger charge is -2.61. The van der Waals surface area contributed by atoms with E-state index in [4.69, 9.17) is 68.0 Å². The van der Waals surface area contributed by atoms with E-state index in [1.54, 1.807) is 18.7 Å². The van der Waals surface area contributed by atoms with Gasteiger partial charge in [0.25, 0.3) is 0 Å². The highest BCUT2D eigenvalue weighted by Gasteiger charge is 2.62. The average molecular weight is 926 g/mol. The second kappa shape index (κ2) is 18.7. The number of thioether (sulfide) groups is 1. The van der Waals surface area contributed by atoms with Gasteiger partial charge in [-0.25, -0.2) is 14.4 Å². The molecule has 2 amide bonds. The van der Waals surface area contributed by atoms with Crippen molar-refractivity contribution in [1.82, 2.24) is 15.1 Å². The Morgan fingerprint density at radius 2 is 1.79 bits per heavy atom. The van der Waals surface area contributed by atoms with E-state index in [1.807, 2.05) is 6.07 Å². The molecule has 4 heterocycles. The Balaban J connectivity index is 1.56. The number of hydrogen-bond acceptors (Lipinski definition) is 16. The number of fused-ring (bicyclic) bond motifs is 9. The van der Waals surface area contributed by atoms with Crippen molar-refractivity contribution in [3.63, 3.8) is 0 Å². The average Bonchev–Trinajstić information content (AvgIpc) is 3.71. The number of benzene rings is 2.